The van der Waals surface area contributed by atoms with Gasteiger partial charge in [0.1, 0.15) is 0 Å². The number of hydrogen-bond donors (Lipinski definition) is 0. The first-order chi connectivity index (χ1) is 7.29. The van der Waals surface area contributed by atoms with Crippen molar-refractivity contribution in [1.82, 2.24) is 0 Å². The van der Waals surface area contributed by atoms with Gasteiger partial charge in [-0.25, -0.2) is 0 Å². The quantitative estimate of drug-likeness (QED) is 0.647. The average molecular weight is 228 g/mol. The van der Waals surface area contributed by atoms with Crippen molar-refractivity contribution in [2.24, 2.45) is 0 Å². The Hall–Kier alpha value is -0.123. The maximum absolute atomic E-state index is 5.96. The Kier molecular flexibility index (Phi) is 5.57. The van der Waals surface area contributed by atoms with E-state index in [2.05, 4.69) is 6.58 Å². The van der Waals surface area contributed by atoms with Crippen LogP contribution in [0.3, 0.4) is 0 Å². The van der Waals surface area contributed by atoms with Crippen LogP contribution in [0.1, 0.15) is 46.0 Å². The molecular formula is C12H24O2Si. The van der Waals surface area contributed by atoms with E-state index in [4.69, 9.17) is 8.85 Å². The molecule has 0 atom stereocenters. The van der Waals surface area contributed by atoms with Crippen molar-refractivity contribution < 1.29 is 8.85 Å². The van der Waals surface area contributed by atoms with Gasteiger partial charge in [-0.15, -0.1) is 6.58 Å². The molecule has 0 spiro atoms. The summed E-state index contributed by atoms with van der Waals surface area (Å²) < 4.78 is 11.9. The minimum atomic E-state index is -2.10. The van der Waals surface area contributed by atoms with Crippen LogP contribution in [0.25, 0.3) is 0 Å². The van der Waals surface area contributed by atoms with Crippen LogP contribution in [0, 0.1) is 0 Å². The van der Waals surface area contributed by atoms with Gasteiger partial charge < -0.3 is 8.85 Å². The van der Waals surface area contributed by atoms with Crippen molar-refractivity contribution in [3.8, 4) is 0 Å². The van der Waals surface area contributed by atoms with Crippen molar-refractivity contribution in [2.75, 3.05) is 13.2 Å². The molecule has 0 aromatic heterocycles. The third-order valence-electron chi connectivity index (χ3n) is 3.20. The van der Waals surface area contributed by atoms with E-state index in [0.29, 0.717) is 5.54 Å². The molecule has 88 valence electrons. The minimum absolute atomic E-state index is 0.628. The second-order valence-corrected chi connectivity index (χ2v) is 7.37. The zero-order chi connectivity index (χ0) is 11.1. The lowest BCUT2D eigenvalue weighted by Crippen LogP contribution is -2.46. The summed E-state index contributed by atoms with van der Waals surface area (Å²) in [4.78, 5) is 0. The first kappa shape index (κ1) is 12.9. The summed E-state index contributed by atoms with van der Waals surface area (Å²) in [6.07, 6.45) is 6.55. The van der Waals surface area contributed by atoms with Gasteiger partial charge >= 0.3 is 8.56 Å². The van der Waals surface area contributed by atoms with Gasteiger partial charge in [-0.05, 0) is 32.4 Å². The fraction of sp³-hybridized carbons (Fsp3) is 0.833. The normalized spacial score (nSPS) is 19.1. The van der Waals surface area contributed by atoms with E-state index >= 15 is 0 Å². The summed E-state index contributed by atoms with van der Waals surface area (Å²) in [5.74, 6) is 0. The van der Waals surface area contributed by atoms with Crippen molar-refractivity contribution in [1.29, 1.82) is 0 Å². The molecule has 0 N–H and O–H groups in total. The van der Waals surface area contributed by atoms with Crippen LogP contribution in [0.5, 0.6) is 0 Å². The predicted molar refractivity (Wildman–Crippen MR) is 66.0 cm³/mol. The van der Waals surface area contributed by atoms with Crippen molar-refractivity contribution >= 4 is 8.56 Å². The molecule has 0 aliphatic heterocycles. The van der Waals surface area contributed by atoms with Gasteiger partial charge in [-0.2, -0.15) is 0 Å². The number of hydrogen-bond acceptors (Lipinski definition) is 2. The summed E-state index contributed by atoms with van der Waals surface area (Å²) in [6, 6.07) is 0. The Balaban J connectivity index is 2.70. The van der Waals surface area contributed by atoms with E-state index in [1.165, 1.54) is 32.1 Å². The molecule has 1 saturated carbocycles. The molecular weight excluding hydrogens is 204 g/mol. The maximum atomic E-state index is 5.96. The highest BCUT2D eigenvalue weighted by atomic mass is 28.4. The maximum Gasteiger partial charge on any atom is 0.367 e. The highest BCUT2D eigenvalue weighted by Gasteiger charge is 2.43. The lowest BCUT2D eigenvalue weighted by molar-refractivity contribution is 0.176. The van der Waals surface area contributed by atoms with E-state index in [9.17, 15) is 0 Å². The predicted octanol–water partition coefficient (Wildman–Crippen LogP) is 3.56. The van der Waals surface area contributed by atoms with Crippen LogP contribution < -0.4 is 0 Å². The molecule has 1 aliphatic carbocycles. The summed E-state index contributed by atoms with van der Waals surface area (Å²) >= 11 is 0. The second-order valence-electron chi connectivity index (χ2n) is 4.13. The van der Waals surface area contributed by atoms with Gasteiger partial charge in [0, 0.05) is 18.8 Å². The fourth-order valence-corrected chi connectivity index (χ4v) is 5.76. The molecule has 0 unspecified atom stereocenters. The molecule has 3 heteroatoms. The number of rotatable bonds is 6. The monoisotopic (exact) mass is 228 g/mol. The first-order valence-corrected chi connectivity index (χ1v) is 8.17. The molecule has 1 rings (SSSR count). The van der Waals surface area contributed by atoms with Crippen LogP contribution in [0.2, 0.25) is 5.54 Å². The largest absolute Gasteiger partial charge is 0.391 e. The standard InChI is InChI=1S/C12H24O2Si/c1-4-13-15(6-3,14-5-2)12-10-8-7-9-11-12/h6,12H,3-5,7-11H2,1-2H3. The fourth-order valence-electron chi connectivity index (χ4n) is 2.52. The molecule has 0 aromatic rings. The SMILES string of the molecule is C=C[Si](OCC)(OCC)C1CCCCC1. The summed E-state index contributed by atoms with van der Waals surface area (Å²) in [5.41, 5.74) is 2.62. The molecule has 1 aliphatic rings. The third-order valence-corrected chi connectivity index (χ3v) is 6.96. The molecule has 15 heavy (non-hydrogen) atoms. The van der Waals surface area contributed by atoms with Gasteiger partial charge in [0.05, 0.1) is 0 Å². The first-order valence-electron chi connectivity index (χ1n) is 6.20. The van der Waals surface area contributed by atoms with Crippen LogP contribution in [-0.2, 0) is 8.85 Å². The Labute approximate surface area is 94.9 Å². The summed E-state index contributed by atoms with van der Waals surface area (Å²) in [7, 11) is -2.10. The molecule has 1 fully saturated rings. The Morgan fingerprint density at radius 3 is 2.07 bits per heavy atom. The molecule has 0 saturated heterocycles. The van der Waals surface area contributed by atoms with Crippen LogP contribution in [0.4, 0.5) is 0 Å². The van der Waals surface area contributed by atoms with Crippen LogP contribution in [0.15, 0.2) is 12.3 Å². The molecule has 2 nitrogen and oxygen atoms in total. The third kappa shape index (κ3) is 3.16. The lowest BCUT2D eigenvalue weighted by atomic mass is 10.0. The van der Waals surface area contributed by atoms with E-state index in [-0.39, 0.29) is 0 Å². The Bertz CT molecular complexity index is 182. The van der Waals surface area contributed by atoms with Gasteiger partial charge in [0.15, 0.2) is 0 Å². The second kappa shape index (κ2) is 6.46. The van der Waals surface area contributed by atoms with Gasteiger partial charge in [-0.1, -0.05) is 19.3 Å². The van der Waals surface area contributed by atoms with Crippen molar-refractivity contribution in [3.05, 3.63) is 12.3 Å². The van der Waals surface area contributed by atoms with E-state index < -0.39 is 8.56 Å². The Morgan fingerprint density at radius 1 is 1.13 bits per heavy atom. The van der Waals surface area contributed by atoms with Gasteiger partial charge in [0.25, 0.3) is 0 Å². The van der Waals surface area contributed by atoms with Crippen molar-refractivity contribution in [3.63, 3.8) is 0 Å². The molecule has 0 radical (unpaired) electrons. The lowest BCUT2D eigenvalue weighted by Gasteiger charge is -2.36. The van der Waals surface area contributed by atoms with Crippen LogP contribution >= 0.6 is 0 Å². The smallest absolute Gasteiger partial charge is 0.367 e. The summed E-state index contributed by atoms with van der Waals surface area (Å²) in [6.45, 7) is 9.54. The molecule has 0 aromatic carbocycles. The van der Waals surface area contributed by atoms with Crippen molar-refractivity contribution in [2.45, 2.75) is 51.5 Å². The van der Waals surface area contributed by atoms with E-state index in [1.807, 2.05) is 19.5 Å². The van der Waals surface area contributed by atoms with Gasteiger partial charge in [-0.3, -0.25) is 0 Å². The minimum Gasteiger partial charge on any atom is -0.391 e. The molecule has 0 amide bonds. The molecule has 0 bridgehead atoms. The highest BCUT2D eigenvalue weighted by molar-refractivity contribution is 6.74. The highest BCUT2D eigenvalue weighted by Crippen LogP contribution is 2.38. The summed E-state index contributed by atoms with van der Waals surface area (Å²) in [5, 5.41) is 0. The zero-order valence-electron chi connectivity index (χ0n) is 10.1. The van der Waals surface area contributed by atoms with Crippen LogP contribution in [-0.4, -0.2) is 21.8 Å². The zero-order valence-corrected chi connectivity index (χ0v) is 11.1. The van der Waals surface area contributed by atoms with Gasteiger partial charge in [0.2, 0.25) is 0 Å². The molecule has 0 heterocycles. The Morgan fingerprint density at radius 2 is 1.67 bits per heavy atom. The average Bonchev–Trinajstić information content (AvgIpc) is 2.30. The topological polar surface area (TPSA) is 18.5 Å². The van der Waals surface area contributed by atoms with E-state index in [0.717, 1.165) is 13.2 Å². The van der Waals surface area contributed by atoms with E-state index in [1.54, 1.807) is 0 Å².